The zero-order chi connectivity index (χ0) is 18.0. The third-order valence-corrected chi connectivity index (χ3v) is 6.45. The molecule has 1 heterocycles. The molecule has 1 aliphatic heterocycles. The summed E-state index contributed by atoms with van der Waals surface area (Å²) in [6.07, 6.45) is 0. The van der Waals surface area contributed by atoms with Gasteiger partial charge >= 0.3 is 0 Å². The topological polar surface area (TPSA) is 57.7 Å². The van der Waals surface area contributed by atoms with Gasteiger partial charge in [0.05, 0.1) is 4.90 Å². The first kappa shape index (κ1) is 17.6. The second-order valence-electron chi connectivity index (χ2n) is 6.31. The van der Waals surface area contributed by atoms with Crippen molar-refractivity contribution in [3.63, 3.8) is 0 Å². The van der Waals surface area contributed by atoms with E-state index in [0.717, 1.165) is 11.3 Å². The van der Waals surface area contributed by atoms with E-state index in [4.69, 9.17) is 0 Å². The van der Waals surface area contributed by atoms with Crippen LogP contribution in [0, 0.1) is 6.92 Å². The number of hydrogen-bond donors (Lipinski definition) is 0. The van der Waals surface area contributed by atoms with Crippen molar-refractivity contribution in [2.24, 2.45) is 0 Å². The minimum absolute atomic E-state index is 0.0422. The molecule has 0 saturated carbocycles. The largest absolute Gasteiger partial charge is 0.369 e. The van der Waals surface area contributed by atoms with Crippen molar-refractivity contribution in [1.82, 2.24) is 4.31 Å². The van der Waals surface area contributed by atoms with E-state index in [1.807, 2.05) is 43.3 Å². The van der Waals surface area contributed by atoms with Gasteiger partial charge in [0.15, 0.2) is 5.78 Å². The Labute approximate surface area is 148 Å². The fourth-order valence-corrected chi connectivity index (χ4v) is 4.38. The van der Waals surface area contributed by atoms with Crippen LogP contribution >= 0.6 is 0 Å². The lowest BCUT2D eigenvalue weighted by Gasteiger charge is -2.35. The Bertz CT molecular complexity index is 851. The summed E-state index contributed by atoms with van der Waals surface area (Å²) in [7, 11) is -3.44. The van der Waals surface area contributed by atoms with Crippen LogP contribution in [-0.4, -0.2) is 44.7 Å². The molecule has 1 saturated heterocycles. The highest BCUT2D eigenvalue weighted by Crippen LogP contribution is 2.22. The summed E-state index contributed by atoms with van der Waals surface area (Å²) < 4.78 is 27.0. The van der Waals surface area contributed by atoms with Gasteiger partial charge in [-0.05, 0) is 50.2 Å². The fourth-order valence-electron chi connectivity index (χ4n) is 2.95. The third-order valence-electron chi connectivity index (χ3n) is 4.54. The molecule has 3 rings (SSSR count). The predicted molar refractivity (Wildman–Crippen MR) is 98.6 cm³/mol. The minimum atomic E-state index is -3.44. The molecule has 6 heteroatoms. The van der Waals surface area contributed by atoms with Crippen LogP contribution < -0.4 is 4.90 Å². The molecule has 1 fully saturated rings. The van der Waals surface area contributed by atoms with E-state index in [0.29, 0.717) is 36.6 Å². The predicted octanol–water partition coefficient (Wildman–Crippen LogP) is 2.71. The lowest BCUT2D eigenvalue weighted by atomic mass is 10.1. The fraction of sp³-hybridized carbons (Fsp3) is 0.316. The molecule has 2 aromatic carbocycles. The van der Waals surface area contributed by atoms with Crippen molar-refractivity contribution in [1.29, 1.82) is 0 Å². The van der Waals surface area contributed by atoms with E-state index in [9.17, 15) is 13.2 Å². The van der Waals surface area contributed by atoms with Gasteiger partial charge in [-0.1, -0.05) is 17.7 Å². The second-order valence-corrected chi connectivity index (χ2v) is 8.25. The zero-order valence-corrected chi connectivity index (χ0v) is 15.3. The van der Waals surface area contributed by atoms with E-state index in [2.05, 4.69) is 4.90 Å². The summed E-state index contributed by atoms with van der Waals surface area (Å²) in [5.41, 5.74) is 2.74. The van der Waals surface area contributed by atoms with Crippen LogP contribution in [0.2, 0.25) is 0 Å². The maximum atomic E-state index is 12.7. The average Bonchev–Trinajstić information content (AvgIpc) is 2.62. The molecule has 132 valence electrons. The Kier molecular flexibility index (Phi) is 4.92. The van der Waals surface area contributed by atoms with Gasteiger partial charge in [-0.25, -0.2) is 8.42 Å². The van der Waals surface area contributed by atoms with E-state index in [1.165, 1.54) is 4.31 Å². The number of nitrogens with zero attached hydrogens (tertiary/aromatic N) is 2. The average molecular weight is 358 g/mol. The van der Waals surface area contributed by atoms with Gasteiger partial charge in [0.25, 0.3) is 0 Å². The number of carbonyl (C=O) groups excluding carboxylic acids is 1. The quantitative estimate of drug-likeness (QED) is 0.789. The molecule has 0 unspecified atom stereocenters. The molecule has 0 atom stereocenters. The number of sulfonamides is 1. The first-order chi connectivity index (χ1) is 11.9. The van der Waals surface area contributed by atoms with Crippen molar-refractivity contribution in [2.45, 2.75) is 18.7 Å². The van der Waals surface area contributed by atoms with Crippen LogP contribution in [0.3, 0.4) is 0 Å². The smallest absolute Gasteiger partial charge is 0.243 e. The number of anilines is 1. The summed E-state index contributed by atoms with van der Waals surface area (Å²) in [6.45, 7) is 5.64. The lowest BCUT2D eigenvalue weighted by molar-refractivity contribution is 0.101. The summed E-state index contributed by atoms with van der Waals surface area (Å²) >= 11 is 0. The molecule has 2 aromatic rings. The van der Waals surface area contributed by atoms with Gasteiger partial charge in [-0.15, -0.1) is 0 Å². The van der Waals surface area contributed by atoms with Crippen LogP contribution in [-0.2, 0) is 10.0 Å². The highest BCUT2D eigenvalue weighted by molar-refractivity contribution is 7.89. The number of ketones is 1. The van der Waals surface area contributed by atoms with Crippen LogP contribution in [0.5, 0.6) is 0 Å². The lowest BCUT2D eigenvalue weighted by Crippen LogP contribution is -2.48. The number of aryl methyl sites for hydroxylation is 1. The molecule has 25 heavy (non-hydrogen) atoms. The first-order valence-corrected chi connectivity index (χ1v) is 9.75. The molecule has 5 nitrogen and oxygen atoms in total. The Hall–Kier alpha value is -2.18. The molecule has 0 spiro atoms. The van der Waals surface area contributed by atoms with Gasteiger partial charge in [-0.2, -0.15) is 4.31 Å². The van der Waals surface area contributed by atoms with Gasteiger partial charge in [-0.3, -0.25) is 4.79 Å². The molecule has 0 N–H and O–H groups in total. The van der Waals surface area contributed by atoms with E-state index in [1.54, 1.807) is 19.1 Å². The van der Waals surface area contributed by atoms with Crippen LogP contribution in [0.25, 0.3) is 0 Å². The summed E-state index contributed by atoms with van der Waals surface area (Å²) in [5, 5.41) is 0. The van der Waals surface area contributed by atoms with Gasteiger partial charge < -0.3 is 4.90 Å². The second kappa shape index (κ2) is 6.98. The number of hydrogen-bond acceptors (Lipinski definition) is 4. The zero-order valence-electron chi connectivity index (χ0n) is 14.5. The van der Waals surface area contributed by atoms with Crippen molar-refractivity contribution in [3.8, 4) is 0 Å². The summed E-state index contributed by atoms with van der Waals surface area (Å²) in [6, 6.07) is 14.4. The maximum absolute atomic E-state index is 12.7. The SMILES string of the molecule is CC(=O)c1ccc(N2CCN(S(=O)(=O)c3ccc(C)cc3)CC2)cc1. The molecule has 0 radical (unpaired) electrons. The Morgan fingerprint density at radius 1 is 0.880 bits per heavy atom. The number of benzene rings is 2. The Balaban J connectivity index is 1.69. The normalized spacial score (nSPS) is 16.0. The molecule has 0 amide bonds. The van der Waals surface area contributed by atoms with Crippen molar-refractivity contribution in [2.75, 3.05) is 31.1 Å². The number of rotatable bonds is 4. The number of carbonyl (C=O) groups is 1. The summed E-state index contributed by atoms with van der Waals surface area (Å²) in [4.78, 5) is 13.8. The monoisotopic (exact) mass is 358 g/mol. The summed E-state index contributed by atoms with van der Waals surface area (Å²) in [5.74, 6) is 0.0422. The number of piperazine rings is 1. The third kappa shape index (κ3) is 3.75. The molecule has 0 aliphatic carbocycles. The Morgan fingerprint density at radius 2 is 1.44 bits per heavy atom. The Morgan fingerprint density at radius 3 is 1.96 bits per heavy atom. The molecule has 0 bridgehead atoms. The van der Waals surface area contributed by atoms with Gasteiger partial charge in [0.1, 0.15) is 0 Å². The molecular formula is C19H22N2O3S. The molecular weight excluding hydrogens is 336 g/mol. The highest BCUT2D eigenvalue weighted by Gasteiger charge is 2.28. The van der Waals surface area contributed by atoms with Crippen molar-refractivity contribution >= 4 is 21.5 Å². The van der Waals surface area contributed by atoms with E-state index >= 15 is 0 Å². The highest BCUT2D eigenvalue weighted by atomic mass is 32.2. The van der Waals surface area contributed by atoms with Crippen molar-refractivity contribution < 1.29 is 13.2 Å². The standard InChI is InChI=1S/C19H22N2O3S/c1-15-3-9-19(10-4-15)25(23,24)21-13-11-20(12-14-21)18-7-5-17(6-8-18)16(2)22/h3-10H,11-14H2,1-2H3. The van der Waals surface area contributed by atoms with Crippen molar-refractivity contribution in [3.05, 3.63) is 59.7 Å². The van der Waals surface area contributed by atoms with E-state index in [-0.39, 0.29) is 5.78 Å². The van der Waals surface area contributed by atoms with Gasteiger partial charge in [0, 0.05) is 37.4 Å². The van der Waals surface area contributed by atoms with Crippen LogP contribution in [0.15, 0.2) is 53.4 Å². The van der Waals surface area contributed by atoms with Gasteiger partial charge in [0.2, 0.25) is 10.0 Å². The molecule has 0 aromatic heterocycles. The first-order valence-electron chi connectivity index (χ1n) is 8.31. The van der Waals surface area contributed by atoms with Crippen LogP contribution in [0.1, 0.15) is 22.8 Å². The van der Waals surface area contributed by atoms with E-state index < -0.39 is 10.0 Å². The maximum Gasteiger partial charge on any atom is 0.243 e. The number of Topliss-reactive ketones (excluding diaryl/α,β-unsaturated/α-hetero) is 1. The van der Waals surface area contributed by atoms with Crippen LogP contribution in [0.4, 0.5) is 5.69 Å². The molecule has 1 aliphatic rings. The minimum Gasteiger partial charge on any atom is -0.369 e.